The summed E-state index contributed by atoms with van der Waals surface area (Å²) in [5.41, 5.74) is 1.04. The van der Waals surface area contributed by atoms with Gasteiger partial charge in [-0.15, -0.1) is 5.10 Å². The number of esters is 1. The van der Waals surface area contributed by atoms with Crippen LogP contribution in [0.5, 0.6) is 0 Å². The highest BCUT2D eigenvalue weighted by atomic mass is 16.6. The average molecular weight is 241 g/mol. The van der Waals surface area contributed by atoms with Crippen LogP contribution in [0.15, 0.2) is 0 Å². The van der Waals surface area contributed by atoms with E-state index in [0.29, 0.717) is 6.61 Å². The van der Waals surface area contributed by atoms with E-state index in [0.717, 1.165) is 25.1 Å². The van der Waals surface area contributed by atoms with Gasteiger partial charge in [0.05, 0.1) is 12.3 Å². The first-order valence-electron chi connectivity index (χ1n) is 5.76. The fraction of sp³-hybridized carbons (Fsp3) is 0.727. The van der Waals surface area contributed by atoms with Crippen molar-refractivity contribution < 1.29 is 14.3 Å². The van der Waals surface area contributed by atoms with Crippen molar-refractivity contribution in [1.82, 2.24) is 15.0 Å². The van der Waals surface area contributed by atoms with Crippen LogP contribution in [-0.4, -0.2) is 41.3 Å². The summed E-state index contributed by atoms with van der Waals surface area (Å²) in [5.74, 6) is -0.442. The van der Waals surface area contributed by atoms with Gasteiger partial charge in [0.25, 0.3) is 0 Å². The van der Waals surface area contributed by atoms with E-state index in [9.17, 15) is 4.79 Å². The Morgan fingerprint density at radius 2 is 2.18 bits per heavy atom. The lowest BCUT2D eigenvalue weighted by Gasteiger charge is -2.03. The molecule has 0 spiro atoms. The Labute approximate surface area is 101 Å². The van der Waals surface area contributed by atoms with Gasteiger partial charge in [-0.1, -0.05) is 18.6 Å². The van der Waals surface area contributed by atoms with Crippen LogP contribution in [0.4, 0.5) is 0 Å². The maximum atomic E-state index is 11.6. The molecular formula is C11H19N3O3. The van der Waals surface area contributed by atoms with Gasteiger partial charge in [0.15, 0.2) is 5.69 Å². The van der Waals surface area contributed by atoms with E-state index in [1.54, 1.807) is 11.8 Å². The van der Waals surface area contributed by atoms with Crippen LogP contribution < -0.4 is 0 Å². The van der Waals surface area contributed by atoms with E-state index < -0.39 is 5.97 Å². The Bertz CT molecular complexity index is 363. The van der Waals surface area contributed by atoms with Gasteiger partial charge in [0.1, 0.15) is 6.61 Å². The molecule has 0 aromatic carbocycles. The van der Waals surface area contributed by atoms with E-state index in [2.05, 4.69) is 17.2 Å². The summed E-state index contributed by atoms with van der Waals surface area (Å²) in [7, 11) is 1.56. The van der Waals surface area contributed by atoms with Crippen LogP contribution >= 0.6 is 0 Å². The molecule has 1 rings (SSSR count). The number of carbonyl (C=O) groups excluding carboxylic acids is 1. The number of aromatic nitrogens is 3. The van der Waals surface area contributed by atoms with E-state index in [4.69, 9.17) is 9.47 Å². The minimum atomic E-state index is -0.442. The quantitative estimate of drug-likeness (QED) is 0.530. The summed E-state index contributed by atoms with van der Waals surface area (Å²) in [5, 5.41) is 7.78. The largest absolute Gasteiger partial charge is 0.458 e. The summed E-state index contributed by atoms with van der Waals surface area (Å²) in [6, 6.07) is 0. The van der Waals surface area contributed by atoms with Gasteiger partial charge in [0, 0.05) is 13.7 Å². The van der Waals surface area contributed by atoms with Gasteiger partial charge < -0.3 is 9.47 Å². The van der Waals surface area contributed by atoms with Gasteiger partial charge in [-0.05, 0) is 13.3 Å². The number of rotatable bonds is 7. The molecule has 0 radical (unpaired) electrons. The number of unbranched alkanes of at least 4 members (excludes halogenated alkanes) is 1. The Morgan fingerprint density at radius 1 is 1.41 bits per heavy atom. The molecule has 0 unspecified atom stereocenters. The first-order chi connectivity index (χ1) is 8.20. The lowest BCUT2D eigenvalue weighted by Crippen LogP contribution is -2.12. The number of ether oxygens (including phenoxy) is 2. The first kappa shape index (κ1) is 13.6. The fourth-order valence-electron chi connectivity index (χ4n) is 1.36. The highest BCUT2D eigenvalue weighted by molar-refractivity contribution is 5.88. The lowest BCUT2D eigenvalue weighted by atomic mass is 10.3. The average Bonchev–Trinajstić information content (AvgIpc) is 2.68. The second kappa shape index (κ2) is 7.01. The van der Waals surface area contributed by atoms with Crippen LogP contribution in [-0.2, 0) is 16.0 Å². The van der Waals surface area contributed by atoms with Crippen molar-refractivity contribution in [3.05, 3.63) is 11.4 Å². The SMILES string of the molecule is CCCCn1nnc(C(=O)OCCOC)c1C. The minimum Gasteiger partial charge on any atom is -0.458 e. The third-order valence-corrected chi connectivity index (χ3v) is 2.42. The molecule has 0 aliphatic carbocycles. The van der Waals surface area contributed by atoms with Crippen LogP contribution in [0, 0.1) is 6.92 Å². The number of aryl methyl sites for hydroxylation is 1. The third kappa shape index (κ3) is 3.81. The van der Waals surface area contributed by atoms with Crippen LogP contribution in [0.3, 0.4) is 0 Å². The molecule has 6 nitrogen and oxygen atoms in total. The lowest BCUT2D eigenvalue weighted by molar-refractivity contribution is 0.0380. The minimum absolute atomic E-state index is 0.233. The molecule has 0 aliphatic rings. The van der Waals surface area contributed by atoms with Crippen molar-refractivity contribution in [2.45, 2.75) is 33.2 Å². The van der Waals surface area contributed by atoms with Gasteiger partial charge in [0.2, 0.25) is 0 Å². The summed E-state index contributed by atoms with van der Waals surface area (Å²) in [6.07, 6.45) is 2.09. The zero-order valence-corrected chi connectivity index (χ0v) is 10.6. The predicted molar refractivity (Wildman–Crippen MR) is 61.8 cm³/mol. The zero-order chi connectivity index (χ0) is 12.7. The monoisotopic (exact) mass is 241 g/mol. The highest BCUT2D eigenvalue weighted by Gasteiger charge is 2.17. The van der Waals surface area contributed by atoms with E-state index in [1.807, 2.05) is 6.92 Å². The third-order valence-electron chi connectivity index (χ3n) is 2.42. The van der Waals surface area contributed by atoms with Gasteiger partial charge >= 0.3 is 5.97 Å². The van der Waals surface area contributed by atoms with E-state index in [1.165, 1.54) is 0 Å². The molecule has 6 heteroatoms. The molecular weight excluding hydrogens is 222 g/mol. The Kier molecular flexibility index (Phi) is 5.62. The maximum Gasteiger partial charge on any atom is 0.360 e. The Morgan fingerprint density at radius 3 is 2.82 bits per heavy atom. The molecule has 0 saturated heterocycles. The molecule has 1 aromatic heterocycles. The normalized spacial score (nSPS) is 10.5. The van der Waals surface area contributed by atoms with Crippen molar-refractivity contribution in [2.75, 3.05) is 20.3 Å². The Hall–Kier alpha value is -1.43. The second-order valence-electron chi connectivity index (χ2n) is 3.73. The van der Waals surface area contributed by atoms with Crippen LogP contribution in [0.25, 0.3) is 0 Å². The van der Waals surface area contributed by atoms with E-state index >= 15 is 0 Å². The molecule has 0 bridgehead atoms. The molecule has 0 saturated carbocycles. The first-order valence-corrected chi connectivity index (χ1v) is 5.76. The molecule has 1 heterocycles. The number of hydrogen-bond donors (Lipinski definition) is 0. The summed E-state index contributed by atoms with van der Waals surface area (Å²) in [6.45, 7) is 5.32. The summed E-state index contributed by atoms with van der Waals surface area (Å²) < 4.78 is 11.5. The van der Waals surface area contributed by atoms with Crippen molar-refractivity contribution in [1.29, 1.82) is 0 Å². The van der Waals surface area contributed by atoms with Crippen LogP contribution in [0.2, 0.25) is 0 Å². The van der Waals surface area contributed by atoms with Gasteiger partial charge in [-0.2, -0.15) is 0 Å². The molecule has 1 aromatic rings. The standard InChI is InChI=1S/C11H19N3O3/c1-4-5-6-14-9(2)10(12-13-14)11(15)17-8-7-16-3/h4-8H2,1-3H3. The van der Waals surface area contributed by atoms with Crippen molar-refractivity contribution in [3.63, 3.8) is 0 Å². The summed E-state index contributed by atoms with van der Waals surface area (Å²) in [4.78, 5) is 11.6. The molecule has 17 heavy (non-hydrogen) atoms. The van der Waals surface area contributed by atoms with Gasteiger partial charge in [-0.3, -0.25) is 0 Å². The smallest absolute Gasteiger partial charge is 0.360 e. The molecule has 0 aliphatic heterocycles. The molecule has 96 valence electrons. The summed E-state index contributed by atoms with van der Waals surface area (Å²) >= 11 is 0. The van der Waals surface area contributed by atoms with Gasteiger partial charge in [-0.25, -0.2) is 9.48 Å². The van der Waals surface area contributed by atoms with Crippen molar-refractivity contribution in [2.24, 2.45) is 0 Å². The van der Waals surface area contributed by atoms with E-state index in [-0.39, 0.29) is 12.3 Å². The number of methoxy groups -OCH3 is 1. The second-order valence-corrected chi connectivity index (χ2v) is 3.73. The molecule has 0 atom stereocenters. The van der Waals surface area contributed by atoms with Crippen molar-refractivity contribution >= 4 is 5.97 Å². The Balaban J connectivity index is 2.58. The number of nitrogens with zero attached hydrogens (tertiary/aromatic N) is 3. The highest BCUT2D eigenvalue weighted by Crippen LogP contribution is 2.06. The number of carbonyl (C=O) groups is 1. The number of hydrogen-bond acceptors (Lipinski definition) is 5. The maximum absolute atomic E-state index is 11.6. The van der Waals surface area contributed by atoms with Crippen molar-refractivity contribution in [3.8, 4) is 0 Å². The topological polar surface area (TPSA) is 66.2 Å². The predicted octanol–water partition coefficient (Wildman–Crippen LogP) is 1.19. The molecule has 0 fully saturated rings. The fourth-order valence-corrected chi connectivity index (χ4v) is 1.36. The van der Waals surface area contributed by atoms with Crippen LogP contribution in [0.1, 0.15) is 35.9 Å². The zero-order valence-electron chi connectivity index (χ0n) is 10.6. The molecule has 0 amide bonds. The molecule has 0 N–H and O–H groups in total.